The fourth-order valence-electron chi connectivity index (χ4n) is 5.05. The van der Waals surface area contributed by atoms with Gasteiger partial charge in [-0.3, -0.25) is 14.4 Å². The third-order valence-electron chi connectivity index (χ3n) is 6.89. The molecule has 4 atom stereocenters. The van der Waals surface area contributed by atoms with Crippen molar-refractivity contribution in [3.63, 3.8) is 0 Å². The van der Waals surface area contributed by atoms with Gasteiger partial charge in [-0.1, -0.05) is 18.2 Å². The minimum absolute atomic E-state index is 0.158. The van der Waals surface area contributed by atoms with Gasteiger partial charge in [-0.25, -0.2) is 4.79 Å². The summed E-state index contributed by atoms with van der Waals surface area (Å²) in [7, 11) is 0. The predicted molar refractivity (Wildman–Crippen MR) is 126 cm³/mol. The number of aromatic nitrogens is 1. The van der Waals surface area contributed by atoms with Gasteiger partial charge in [-0.05, 0) is 37.3 Å². The van der Waals surface area contributed by atoms with Crippen molar-refractivity contribution in [1.82, 2.24) is 20.1 Å². The Morgan fingerprint density at radius 3 is 2.49 bits per heavy atom. The van der Waals surface area contributed by atoms with Crippen molar-refractivity contribution in [2.45, 2.75) is 56.3 Å². The highest BCUT2D eigenvalue weighted by Crippen LogP contribution is 2.27. The number of likely N-dealkylation sites (tertiary alicyclic amines) is 2. The van der Waals surface area contributed by atoms with Gasteiger partial charge in [0.05, 0.1) is 6.61 Å². The quantitative estimate of drug-likeness (QED) is 0.338. The van der Waals surface area contributed by atoms with E-state index in [-0.39, 0.29) is 12.3 Å². The first-order chi connectivity index (χ1) is 16.8. The van der Waals surface area contributed by atoms with Crippen LogP contribution in [0.3, 0.4) is 0 Å². The molecule has 3 amide bonds. The molecule has 35 heavy (non-hydrogen) atoms. The number of rotatable bonds is 8. The smallest absolute Gasteiger partial charge is 0.326 e. The Balaban J connectivity index is 1.58. The molecule has 4 rings (SSSR count). The molecular formula is C24H31N5O6. The molecule has 188 valence electrons. The number of nitrogens with zero attached hydrogens (tertiary/aromatic N) is 2. The van der Waals surface area contributed by atoms with Gasteiger partial charge in [-0.15, -0.1) is 0 Å². The van der Waals surface area contributed by atoms with Crippen molar-refractivity contribution in [3.05, 3.63) is 36.0 Å². The van der Waals surface area contributed by atoms with Crippen LogP contribution in [0.5, 0.6) is 0 Å². The maximum atomic E-state index is 13.7. The molecule has 0 aliphatic carbocycles. The number of carbonyl (C=O) groups excluding carboxylic acids is 3. The molecule has 1 aromatic heterocycles. The molecule has 11 nitrogen and oxygen atoms in total. The van der Waals surface area contributed by atoms with Crippen LogP contribution in [0.15, 0.2) is 30.5 Å². The number of nitrogens with one attached hydrogen (secondary N) is 2. The second-order valence-corrected chi connectivity index (χ2v) is 9.13. The van der Waals surface area contributed by atoms with Gasteiger partial charge in [0.2, 0.25) is 17.7 Å². The number of para-hydroxylation sites is 1. The van der Waals surface area contributed by atoms with Crippen LogP contribution in [0.2, 0.25) is 0 Å². The van der Waals surface area contributed by atoms with Crippen LogP contribution in [0.4, 0.5) is 0 Å². The topological polar surface area (TPSA) is 169 Å². The summed E-state index contributed by atoms with van der Waals surface area (Å²) in [5, 5.41) is 22.3. The van der Waals surface area contributed by atoms with Crippen LogP contribution in [0.1, 0.15) is 31.2 Å². The number of carboxylic acids is 1. The number of aliphatic hydroxyl groups is 1. The Morgan fingerprint density at radius 1 is 1.09 bits per heavy atom. The monoisotopic (exact) mass is 485 g/mol. The van der Waals surface area contributed by atoms with E-state index in [0.29, 0.717) is 38.8 Å². The summed E-state index contributed by atoms with van der Waals surface area (Å²) in [6, 6.07) is 3.70. The highest BCUT2D eigenvalue weighted by molar-refractivity contribution is 5.95. The first kappa shape index (κ1) is 24.7. The van der Waals surface area contributed by atoms with E-state index < -0.39 is 48.6 Å². The Kier molecular flexibility index (Phi) is 7.37. The zero-order chi connectivity index (χ0) is 25.1. The molecular weight excluding hydrogens is 454 g/mol. The molecule has 0 bridgehead atoms. The van der Waals surface area contributed by atoms with Crippen molar-refractivity contribution < 1.29 is 29.4 Å². The van der Waals surface area contributed by atoms with Crippen molar-refractivity contribution >= 4 is 34.6 Å². The number of aliphatic hydroxyl groups excluding tert-OH is 1. The van der Waals surface area contributed by atoms with Gasteiger partial charge in [0.1, 0.15) is 24.2 Å². The Hall–Kier alpha value is -3.44. The van der Waals surface area contributed by atoms with Crippen LogP contribution in [0, 0.1) is 0 Å². The average Bonchev–Trinajstić information content (AvgIpc) is 3.62. The van der Waals surface area contributed by atoms with E-state index in [1.807, 2.05) is 24.3 Å². The van der Waals surface area contributed by atoms with E-state index in [9.17, 15) is 29.4 Å². The molecule has 1 aromatic carbocycles. The van der Waals surface area contributed by atoms with Crippen molar-refractivity contribution in [2.75, 3.05) is 19.7 Å². The maximum Gasteiger partial charge on any atom is 0.326 e. The first-order valence-electron chi connectivity index (χ1n) is 11.9. The minimum atomic E-state index is -1.19. The van der Waals surface area contributed by atoms with Gasteiger partial charge in [0.15, 0.2) is 0 Å². The summed E-state index contributed by atoms with van der Waals surface area (Å²) >= 11 is 0. The molecule has 0 spiro atoms. The Morgan fingerprint density at radius 2 is 1.77 bits per heavy atom. The number of nitrogens with two attached hydrogens (primary N) is 1. The number of aromatic amines is 1. The lowest BCUT2D eigenvalue weighted by Crippen LogP contribution is -2.57. The Bertz CT molecular complexity index is 1120. The molecule has 2 aliphatic heterocycles. The second-order valence-electron chi connectivity index (χ2n) is 9.13. The Labute approximate surface area is 202 Å². The normalized spacial score (nSPS) is 21.8. The third-order valence-corrected chi connectivity index (χ3v) is 6.89. The van der Waals surface area contributed by atoms with Crippen molar-refractivity contribution in [1.29, 1.82) is 0 Å². The van der Waals surface area contributed by atoms with Gasteiger partial charge in [0, 0.05) is 36.6 Å². The average molecular weight is 486 g/mol. The van der Waals surface area contributed by atoms with E-state index in [2.05, 4.69) is 10.3 Å². The molecule has 6 N–H and O–H groups in total. The number of benzene rings is 1. The highest BCUT2D eigenvalue weighted by atomic mass is 16.4. The molecule has 3 heterocycles. The number of hydrogen-bond donors (Lipinski definition) is 5. The highest BCUT2D eigenvalue weighted by Gasteiger charge is 2.43. The molecule has 2 aromatic rings. The third kappa shape index (κ3) is 5.01. The summed E-state index contributed by atoms with van der Waals surface area (Å²) in [6.45, 7) is 0.0957. The van der Waals surface area contributed by atoms with E-state index in [1.54, 1.807) is 6.20 Å². The number of aliphatic carboxylic acids is 1. The van der Waals surface area contributed by atoms with Crippen LogP contribution >= 0.6 is 0 Å². The number of carbonyl (C=O) groups is 4. The number of hydrogen-bond acceptors (Lipinski definition) is 6. The van der Waals surface area contributed by atoms with E-state index >= 15 is 0 Å². The summed E-state index contributed by atoms with van der Waals surface area (Å²) in [6.07, 6.45) is 3.94. The van der Waals surface area contributed by atoms with E-state index in [1.165, 1.54) is 9.80 Å². The van der Waals surface area contributed by atoms with Crippen LogP contribution in [-0.2, 0) is 25.6 Å². The molecule has 4 unspecified atom stereocenters. The zero-order valence-corrected chi connectivity index (χ0v) is 19.4. The lowest BCUT2D eigenvalue weighted by atomic mass is 10.0. The largest absolute Gasteiger partial charge is 0.480 e. The molecule has 0 radical (unpaired) electrons. The molecule has 0 saturated carbocycles. The van der Waals surface area contributed by atoms with E-state index in [4.69, 9.17) is 5.73 Å². The van der Waals surface area contributed by atoms with Crippen molar-refractivity contribution in [3.8, 4) is 0 Å². The van der Waals surface area contributed by atoms with Crippen LogP contribution in [-0.4, -0.2) is 92.6 Å². The standard InChI is InChI=1S/C24H31N5O6/c25-16(13-30)21(31)27-18(11-14-12-26-17-6-2-1-5-15(14)17)22(32)28-9-3-7-19(28)23(33)29-10-4-8-20(29)24(34)35/h1-2,5-6,12,16,18-20,26,30H,3-4,7-11,13,25H2,(H,27,31)(H,34,35). The summed E-state index contributed by atoms with van der Waals surface area (Å²) in [4.78, 5) is 57.1. The molecule has 2 fully saturated rings. The SMILES string of the molecule is NC(CO)C(=O)NC(Cc1c[nH]c2ccccc12)C(=O)N1CCCC1C(=O)N1CCCC1C(=O)O. The van der Waals surface area contributed by atoms with E-state index in [0.717, 1.165) is 16.5 Å². The predicted octanol–water partition coefficient (Wildman–Crippen LogP) is -0.419. The summed E-state index contributed by atoms with van der Waals surface area (Å²) in [5.74, 6) is -2.52. The summed E-state index contributed by atoms with van der Waals surface area (Å²) in [5.41, 5.74) is 7.37. The van der Waals surface area contributed by atoms with Crippen molar-refractivity contribution in [2.24, 2.45) is 5.73 Å². The molecule has 2 saturated heterocycles. The maximum absolute atomic E-state index is 13.7. The second kappa shape index (κ2) is 10.4. The molecule has 2 aliphatic rings. The fraction of sp³-hybridized carbons (Fsp3) is 0.500. The summed E-state index contributed by atoms with van der Waals surface area (Å²) < 4.78 is 0. The van der Waals surface area contributed by atoms with Gasteiger partial charge < -0.3 is 36.0 Å². The lowest BCUT2D eigenvalue weighted by Gasteiger charge is -2.32. The van der Waals surface area contributed by atoms with Crippen LogP contribution < -0.4 is 11.1 Å². The number of amides is 3. The number of fused-ring (bicyclic) bond motifs is 1. The van der Waals surface area contributed by atoms with Gasteiger partial charge in [-0.2, -0.15) is 0 Å². The van der Waals surface area contributed by atoms with Gasteiger partial charge >= 0.3 is 5.97 Å². The molecule has 11 heteroatoms. The number of carboxylic acid groups (broad SMARTS) is 1. The van der Waals surface area contributed by atoms with Gasteiger partial charge in [0.25, 0.3) is 0 Å². The minimum Gasteiger partial charge on any atom is -0.480 e. The number of H-pyrrole nitrogens is 1. The first-order valence-corrected chi connectivity index (χ1v) is 11.9. The van der Waals surface area contributed by atoms with Crippen LogP contribution in [0.25, 0.3) is 10.9 Å². The zero-order valence-electron chi connectivity index (χ0n) is 19.4. The lowest BCUT2D eigenvalue weighted by molar-refractivity contribution is -0.152. The fourth-order valence-corrected chi connectivity index (χ4v) is 5.05.